The molecule has 1 rings (SSSR count). The van der Waals surface area contributed by atoms with Gasteiger partial charge < -0.3 is 16.4 Å². The molecule has 2 unspecified atom stereocenters. The fourth-order valence-electron chi connectivity index (χ4n) is 1.75. The molecule has 0 spiro atoms. The van der Waals surface area contributed by atoms with E-state index in [1.165, 1.54) is 13.8 Å². The molecule has 7 heteroatoms. The van der Waals surface area contributed by atoms with Crippen LogP contribution in [0.4, 0.5) is 0 Å². The quantitative estimate of drug-likeness (QED) is 0.727. The topological polar surface area (TPSA) is 101 Å². The maximum absolute atomic E-state index is 11.9. The summed E-state index contributed by atoms with van der Waals surface area (Å²) in [6, 6.07) is 5.55. The fourth-order valence-corrected chi connectivity index (χ4v) is 1.88. The fraction of sp³-hybridized carbons (Fsp3) is 0.357. The SMILES string of the molecule is CC(=O)NC(CC(=O)NC(C)C(N)=O)c1ccc(Cl)cc1. The van der Waals surface area contributed by atoms with Gasteiger partial charge in [0.25, 0.3) is 0 Å². The standard InChI is InChI=1S/C14H18ClN3O3/c1-8(14(16)21)17-13(20)7-12(18-9(2)19)10-3-5-11(15)6-4-10/h3-6,8,12H,7H2,1-2H3,(H2,16,21)(H,17,20)(H,18,19). The van der Waals surface area contributed by atoms with E-state index in [1.807, 2.05) is 0 Å². The van der Waals surface area contributed by atoms with Crippen LogP contribution >= 0.6 is 11.6 Å². The summed E-state index contributed by atoms with van der Waals surface area (Å²) >= 11 is 5.81. The van der Waals surface area contributed by atoms with Crippen molar-refractivity contribution in [3.8, 4) is 0 Å². The molecule has 0 aliphatic rings. The van der Waals surface area contributed by atoms with Crippen molar-refractivity contribution in [3.63, 3.8) is 0 Å². The van der Waals surface area contributed by atoms with Gasteiger partial charge in [0.1, 0.15) is 6.04 Å². The normalized spacial score (nSPS) is 13.1. The Balaban J connectivity index is 2.79. The van der Waals surface area contributed by atoms with Gasteiger partial charge in [-0.25, -0.2) is 0 Å². The Hall–Kier alpha value is -2.08. The predicted molar refractivity (Wildman–Crippen MR) is 79.4 cm³/mol. The zero-order valence-electron chi connectivity index (χ0n) is 11.9. The van der Waals surface area contributed by atoms with Crippen LogP contribution in [0.2, 0.25) is 5.02 Å². The summed E-state index contributed by atoms with van der Waals surface area (Å²) in [7, 11) is 0. The molecule has 0 radical (unpaired) electrons. The molecule has 6 nitrogen and oxygen atoms in total. The Kier molecular flexibility index (Phi) is 6.17. The number of hydrogen-bond acceptors (Lipinski definition) is 3. The lowest BCUT2D eigenvalue weighted by Crippen LogP contribution is -2.43. The molecule has 21 heavy (non-hydrogen) atoms. The Bertz CT molecular complexity index is 531. The van der Waals surface area contributed by atoms with Crippen LogP contribution in [0.15, 0.2) is 24.3 Å². The number of benzene rings is 1. The Labute approximate surface area is 128 Å². The van der Waals surface area contributed by atoms with Gasteiger partial charge in [0.05, 0.1) is 12.5 Å². The number of rotatable bonds is 6. The van der Waals surface area contributed by atoms with Crippen molar-refractivity contribution in [2.24, 2.45) is 5.73 Å². The number of carbonyl (C=O) groups excluding carboxylic acids is 3. The first kappa shape index (κ1) is 17.0. The van der Waals surface area contributed by atoms with E-state index in [4.69, 9.17) is 17.3 Å². The van der Waals surface area contributed by atoms with Crippen LogP contribution in [0, 0.1) is 0 Å². The van der Waals surface area contributed by atoms with Gasteiger partial charge in [-0.05, 0) is 24.6 Å². The zero-order valence-corrected chi connectivity index (χ0v) is 12.6. The number of halogens is 1. The molecule has 2 atom stereocenters. The number of primary amides is 1. The van der Waals surface area contributed by atoms with Crippen molar-refractivity contribution < 1.29 is 14.4 Å². The highest BCUT2D eigenvalue weighted by Gasteiger charge is 2.19. The summed E-state index contributed by atoms with van der Waals surface area (Å²) in [5, 5.41) is 5.73. The summed E-state index contributed by atoms with van der Waals surface area (Å²) < 4.78 is 0. The maximum Gasteiger partial charge on any atom is 0.239 e. The van der Waals surface area contributed by atoms with Gasteiger partial charge in [-0.2, -0.15) is 0 Å². The summed E-state index contributed by atoms with van der Waals surface area (Å²) in [6.45, 7) is 2.86. The third kappa shape index (κ3) is 5.83. The molecule has 1 aromatic carbocycles. The Morgan fingerprint density at radius 2 is 1.76 bits per heavy atom. The van der Waals surface area contributed by atoms with E-state index >= 15 is 0 Å². The van der Waals surface area contributed by atoms with E-state index in [2.05, 4.69) is 10.6 Å². The molecule has 0 aliphatic carbocycles. The zero-order chi connectivity index (χ0) is 16.0. The predicted octanol–water partition coefficient (Wildman–Crippen LogP) is 0.897. The van der Waals surface area contributed by atoms with Gasteiger partial charge in [-0.1, -0.05) is 23.7 Å². The monoisotopic (exact) mass is 311 g/mol. The lowest BCUT2D eigenvalue weighted by Gasteiger charge is -2.19. The maximum atomic E-state index is 11.9. The third-order valence-electron chi connectivity index (χ3n) is 2.84. The Morgan fingerprint density at radius 3 is 2.24 bits per heavy atom. The molecule has 1 aromatic rings. The average molecular weight is 312 g/mol. The van der Waals surface area contributed by atoms with Crippen LogP contribution in [-0.4, -0.2) is 23.8 Å². The number of amides is 3. The average Bonchev–Trinajstić information content (AvgIpc) is 2.38. The van der Waals surface area contributed by atoms with Crippen LogP contribution in [0.5, 0.6) is 0 Å². The van der Waals surface area contributed by atoms with Gasteiger partial charge >= 0.3 is 0 Å². The largest absolute Gasteiger partial charge is 0.368 e. The third-order valence-corrected chi connectivity index (χ3v) is 3.10. The van der Waals surface area contributed by atoms with Gasteiger partial charge in [0, 0.05) is 11.9 Å². The smallest absolute Gasteiger partial charge is 0.239 e. The van der Waals surface area contributed by atoms with E-state index in [0.29, 0.717) is 5.02 Å². The summed E-state index contributed by atoms with van der Waals surface area (Å²) in [5.74, 6) is -1.26. The van der Waals surface area contributed by atoms with E-state index in [0.717, 1.165) is 5.56 Å². The van der Waals surface area contributed by atoms with Crippen molar-refractivity contribution in [3.05, 3.63) is 34.9 Å². The summed E-state index contributed by atoms with van der Waals surface area (Å²) in [6.07, 6.45) is -0.00116. The minimum atomic E-state index is -0.763. The van der Waals surface area contributed by atoms with Crippen molar-refractivity contribution in [2.75, 3.05) is 0 Å². The van der Waals surface area contributed by atoms with Crippen LogP contribution in [0.1, 0.15) is 31.9 Å². The molecule has 0 fully saturated rings. The molecular weight excluding hydrogens is 294 g/mol. The van der Waals surface area contributed by atoms with Crippen molar-refractivity contribution in [2.45, 2.75) is 32.4 Å². The lowest BCUT2D eigenvalue weighted by atomic mass is 10.0. The van der Waals surface area contributed by atoms with Gasteiger partial charge in [0.15, 0.2) is 0 Å². The van der Waals surface area contributed by atoms with Gasteiger partial charge in [-0.15, -0.1) is 0 Å². The highest BCUT2D eigenvalue weighted by Crippen LogP contribution is 2.19. The molecule has 0 saturated heterocycles. The molecule has 0 bridgehead atoms. The summed E-state index contributed by atoms with van der Waals surface area (Å²) in [4.78, 5) is 34.1. The second kappa shape index (κ2) is 7.64. The van der Waals surface area contributed by atoms with Crippen LogP contribution < -0.4 is 16.4 Å². The van der Waals surface area contributed by atoms with Gasteiger partial charge in [-0.3, -0.25) is 14.4 Å². The van der Waals surface area contributed by atoms with Crippen LogP contribution in [0.3, 0.4) is 0 Å². The molecule has 4 N–H and O–H groups in total. The van der Waals surface area contributed by atoms with Crippen molar-refractivity contribution >= 4 is 29.3 Å². The minimum Gasteiger partial charge on any atom is -0.368 e. The van der Waals surface area contributed by atoms with Gasteiger partial charge in [0.2, 0.25) is 17.7 Å². The minimum absolute atomic E-state index is 0.00116. The molecule has 0 aromatic heterocycles. The second-order valence-electron chi connectivity index (χ2n) is 4.70. The van der Waals surface area contributed by atoms with Crippen LogP contribution in [0.25, 0.3) is 0 Å². The van der Waals surface area contributed by atoms with E-state index in [1.54, 1.807) is 24.3 Å². The molecule has 0 saturated carbocycles. The second-order valence-corrected chi connectivity index (χ2v) is 5.14. The molecule has 114 valence electrons. The first-order chi connectivity index (χ1) is 9.79. The first-order valence-corrected chi connectivity index (χ1v) is 6.78. The molecule has 3 amide bonds. The highest BCUT2D eigenvalue weighted by molar-refractivity contribution is 6.30. The molecule has 0 heterocycles. The molecule has 0 aliphatic heterocycles. The van der Waals surface area contributed by atoms with E-state index in [-0.39, 0.29) is 18.2 Å². The van der Waals surface area contributed by atoms with Crippen molar-refractivity contribution in [1.82, 2.24) is 10.6 Å². The highest BCUT2D eigenvalue weighted by atomic mass is 35.5. The lowest BCUT2D eigenvalue weighted by molar-refractivity contribution is -0.127. The molecular formula is C14H18ClN3O3. The van der Waals surface area contributed by atoms with Crippen LogP contribution in [-0.2, 0) is 14.4 Å². The number of hydrogen-bond donors (Lipinski definition) is 3. The Morgan fingerprint density at radius 1 is 1.19 bits per heavy atom. The summed E-state index contributed by atoms with van der Waals surface area (Å²) in [5.41, 5.74) is 5.83. The van der Waals surface area contributed by atoms with E-state index < -0.39 is 18.0 Å². The first-order valence-electron chi connectivity index (χ1n) is 6.41. The number of nitrogens with two attached hydrogens (primary N) is 1. The van der Waals surface area contributed by atoms with Crippen molar-refractivity contribution in [1.29, 1.82) is 0 Å². The number of nitrogens with one attached hydrogen (secondary N) is 2. The van der Waals surface area contributed by atoms with E-state index in [9.17, 15) is 14.4 Å². The number of carbonyl (C=O) groups is 3.